The van der Waals surface area contributed by atoms with Crippen LogP contribution in [0.2, 0.25) is 5.02 Å². The van der Waals surface area contributed by atoms with Crippen molar-refractivity contribution in [2.24, 2.45) is 4.99 Å². The molecular formula is C24H19ClN2O4. The second-order valence-electron chi connectivity index (χ2n) is 6.62. The van der Waals surface area contributed by atoms with Gasteiger partial charge in [-0.15, -0.1) is 0 Å². The predicted octanol–water partition coefficient (Wildman–Crippen LogP) is 5.59. The number of anilines is 1. The summed E-state index contributed by atoms with van der Waals surface area (Å²) < 4.78 is 16.3. The summed E-state index contributed by atoms with van der Waals surface area (Å²) in [6.07, 6.45) is 0. The number of carbonyl (C=O) groups is 1. The van der Waals surface area contributed by atoms with Crippen molar-refractivity contribution < 1.29 is 18.7 Å². The summed E-state index contributed by atoms with van der Waals surface area (Å²) in [7, 11) is 3.13. The average Bonchev–Trinajstić information content (AvgIpc) is 2.79. The van der Waals surface area contributed by atoms with Gasteiger partial charge in [-0.3, -0.25) is 4.79 Å². The molecule has 4 aromatic rings. The van der Waals surface area contributed by atoms with Crippen molar-refractivity contribution in [3.8, 4) is 11.5 Å². The van der Waals surface area contributed by atoms with E-state index in [0.29, 0.717) is 39.0 Å². The molecule has 0 fully saturated rings. The Morgan fingerprint density at radius 3 is 2.45 bits per heavy atom. The second-order valence-corrected chi connectivity index (χ2v) is 7.02. The number of ether oxygens (including phenoxy) is 2. The number of nitrogens with one attached hydrogen (secondary N) is 1. The van der Waals surface area contributed by atoms with Crippen LogP contribution < -0.4 is 20.3 Å². The smallest absolute Gasteiger partial charge is 0.261 e. The van der Waals surface area contributed by atoms with Crippen LogP contribution in [0.5, 0.6) is 11.5 Å². The Kier molecular flexibility index (Phi) is 5.91. The molecule has 7 heteroatoms. The number of fused-ring (bicyclic) bond motifs is 1. The molecule has 1 heterocycles. The summed E-state index contributed by atoms with van der Waals surface area (Å²) >= 11 is 6.22. The molecule has 1 aromatic heterocycles. The summed E-state index contributed by atoms with van der Waals surface area (Å²) in [6, 6.07) is 21.3. The highest BCUT2D eigenvalue weighted by atomic mass is 35.5. The van der Waals surface area contributed by atoms with Crippen molar-refractivity contribution in [2.75, 3.05) is 19.5 Å². The number of benzene rings is 3. The second kappa shape index (κ2) is 8.93. The fourth-order valence-corrected chi connectivity index (χ4v) is 3.28. The molecule has 156 valence electrons. The van der Waals surface area contributed by atoms with Crippen LogP contribution in [0.1, 0.15) is 10.4 Å². The number of amides is 1. The number of para-hydroxylation sites is 1. The molecular weight excluding hydrogens is 416 g/mol. The molecule has 0 bridgehead atoms. The zero-order valence-electron chi connectivity index (χ0n) is 16.9. The summed E-state index contributed by atoms with van der Waals surface area (Å²) in [5.41, 5.74) is 2.23. The number of methoxy groups -OCH3 is 2. The van der Waals surface area contributed by atoms with Crippen molar-refractivity contribution in [3.05, 3.63) is 88.9 Å². The molecule has 6 nitrogen and oxygen atoms in total. The Morgan fingerprint density at radius 1 is 0.968 bits per heavy atom. The lowest BCUT2D eigenvalue weighted by Crippen LogP contribution is -2.21. The van der Waals surface area contributed by atoms with Crippen molar-refractivity contribution >= 4 is 39.9 Å². The van der Waals surface area contributed by atoms with Crippen LogP contribution in [0.3, 0.4) is 0 Å². The average molecular weight is 435 g/mol. The van der Waals surface area contributed by atoms with Gasteiger partial charge in [0.25, 0.3) is 5.91 Å². The Labute approximate surface area is 183 Å². The molecule has 0 spiro atoms. The highest BCUT2D eigenvalue weighted by molar-refractivity contribution is 6.32. The number of carbonyl (C=O) groups excluding carboxylic acids is 1. The maximum absolute atomic E-state index is 13.1. The van der Waals surface area contributed by atoms with Crippen LogP contribution >= 0.6 is 11.6 Å². The van der Waals surface area contributed by atoms with Crippen molar-refractivity contribution in [2.45, 2.75) is 0 Å². The molecule has 4 rings (SSSR count). The van der Waals surface area contributed by atoms with Crippen molar-refractivity contribution in [1.82, 2.24) is 0 Å². The van der Waals surface area contributed by atoms with Crippen LogP contribution in [0, 0.1) is 0 Å². The Balaban J connectivity index is 1.79. The minimum absolute atomic E-state index is 0.172. The van der Waals surface area contributed by atoms with Gasteiger partial charge < -0.3 is 19.2 Å². The lowest BCUT2D eigenvalue weighted by Gasteiger charge is -2.08. The van der Waals surface area contributed by atoms with Gasteiger partial charge in [-0.2, -0.15) is 0 Å². The van der Waals surface area contributed by atoms with E-state index in [9.17, 15) is 4.79 Å². The molecule has 0 aliphatic carbocycles. The van der Waals surface area contributed by atoms with Gasteiger partial charge in [0.1, 0.15) is 22.6 Å². The predicted molar refractivity (Wildman–Crippen MR) is 120 cm³/mol. The number of nitrogens with zero attached hydrogens (tertiary/aromatic N) is 1. The molecule has 0 saturated carbocycles. The third-order valence-electron chi connectivity index (χ3n) is 4.61. The van der Waals surface area contributed by atoms with Crippen molar-refractivity contribution in [1.29, 1.82) is 0 Å². The molecule has 31 heavy (non-hydrogen) atoms. The van der Waals surface area contributed by atoms with Gasteiger partial charge in [0.05, 0.1) is 24.9 Å². The topological polar surface area (TPSA) is 73.1 Å². The molecule has 3 aromatic carbocycles. The molecule has 0 unspecified atom stereocenters. The fraction of sp³-hybridized carbons (Fsp3) is 0.0833. The Bertz CT molecular complexity index is 1310. The van der Waals surface area contributed by atoms with E-state index in [1.165, 1.54) is 7.11 Å². The minimum atomic E-state index is -0.349. The van der Waals surface area contributed by atoms with E-state index in [1.54, 1.807) is 55.6 Å². The molecule has 1 amide bonds. The standard InChI is InChI=1S/C24H19ClN2O4/c1-29-18-10-7-16(8-11-18)26-23(28)19-13-15-5-3-4-6-21(15)31-24(19)27-17-9-12-22(30-2)20(25)14-17/h3-14H,1-2H3,(H,26,28). The first-order chi connectivity index (χ1) is 15.1. The maximum atomic E-state index is 13.1. The number of hydrogen-bond acceptors (Lipinski definition) is 5. The van der Waals surface area contributed by atoms with Gasteiger partial charge in [-0.05, 0) is 54.6 Å². The van der Waals surface area contributed by atoms with Gasteiger partial charge in [0.2, 0.25) is 5.55 Å². The van der Waals surface area contributed by atoms with Crippen molar-refractivity contribution in [3.63, 3.8) is 0 Å². The largest absolute Gasteiger partial charge is 0.497 e. The number of rotatable bonds is 5. The lowest BCUT2D eigenvalue weighted by atomic mass is 10.1. The fourth-order valence-electron chi connectivity index (χ4n) is 3.03. The highest BCUT2D eigenvalue weighted by Crippen LogP contribution is 2.28. The first kappa shape index (κ1) is 20.5. The van der Waals surface area contributed by atoms with Crippen LogP contribution in [0.4, 0.5) is 11.4 Å². The van der Waals surface area contributed by atoms with Gasteiger partial charge >= 0.3 is 0 Å². The first-order valence-electron chi connectivity index (χ1n) is 9.44. The van der Waals surface area contributed by atoms with Gasteiger partial charge in [0.15, 0.2) is 0 Å². The molecule has 1 N–H and O–H groups in total. The van der Waals surface area contributed by atoms with Crippen LogP contribution in [0.25, 0.3) is 11.0 Å². The van der Waals surface area contributed by atoms with Crippen LogP contribution in [-0.2, 0) is 0 Å². The van der Waals surface area contributed by atoms with E-state index in [0.717, 1.165) is 5.39 Å². The van der Waals surface area contributed by atoms with E-state index < -0.39 is 0 Å². The first-order valence-corrected chi connectivity index (χ1v) is 9.82. The highest BCUT2D eigenvalue weighted by Gasteiger charge is 2.14. The zero-order chi connectivity index (χ0) is 21.8. The molecule has 0 aliphatic rings. The van der Waals surface area contributed by atoms with E-state index in [1.807, 2.05) is 24.3 Å². The number of hydrogen-bond donors (Lipinski definition) is 1. The quantitative estimate of drug-likeness (QED) is 0.444. The van der Waals surface area contributed by atoms with E-state index in [4.69, 9.17) is 25.5 Å². The maximum Gasteiger partial charge on any atom is 0.261 e. The van der Waals surface area contributed by atoms with Crippen LogP contribution in [0.15, 0.2) is 82.2 Å². The van der Waals surface area contributed by atoms with E-state index >= 15 is 0 Å². The summed E-state index contributed by atoms with van der Waals surface area (Å²) in [4.78, 5) is 17.6. The third kappa shape index (κ3) is 4.54. The van der Waals surface area contributed by atoms with E-state index in [2.05, 4.69) is 10.3 Å². The lowest BCUT2D eigenvalue weighted by molar-refractivity contribution is 0.102. The van der Waals surface area contributed by atoms with Gasteiger partial charge in [-0.25, -0.2) is 4.99 Å². The monoisotopic (exact) mass is 434 g/mol. The van der Waals surface area contributed by atoms with Gasteiger partial charge in [-0.1, -0.05) is 29.8 Å². The SMILES string of the molecule is COc1ccc(NC(=O)c2cc3ccccc3oc2=Nc2ccc(OC)c(Cl)c2)cc1. The van der Waals surface area contributed by atoms with Gasteiger partial charge in [0, 0.05) is 11.1 Å². The summed E-state index contributed by atoms with van der Waals surface area (Å²) in [5, 5.41) is 4.07. The molecule has 0 atom stereocenters. The minimum Gasteiger partial charge on any atom is -0.497 e. The summed E-state index contributed by atoms with van der Waals surface area (Å²) in [5.74, 6) is 0.886. The molecule has 0 aliphatic heterocycles. The molecule has 0 radical (unpaired) electrons. The Hall–Kier alpha value is -3.77. The summed E-state index contributed by atoms with van der Waals surface area (Å²) in [6.45, 7) is 0. The zero-order valence-corrected chi connectivity index (χ0v) is 17.6. The van der Waals surface area contributed by atoms with E-state index in [-0.39, 0.29) is 11.5 Å². The number of halogens is 1. The molecule has 0 saturated heterocycles. The third-order valence-corrected chi connectivity index (χ3v) is 4.91. The van der Waals surface area contributed by atoms with Crippen LogP contribution in [-0.4, -0.2) is 20.1 Å². The normalized spacial score (nSPS) is 11.4. The Morgan fingerprint density at radius 2 is 1.74 bits per heavy atom.